The first-order chi connectivity index (χ1) is 34.4. The van der Waals surface area contributed by atoms with Crippen LogP contribution >= 0.6 is 0 Å². The SMILES string of the molecule is C=C1[C@@H](O)[C@@H]2O[C@]3(CC[C@H](C=C[C@@H](C)[C@@H]4CC(C)=C[C@@]5(O[C@H](C[C@@](C)(O)C(=O)O)CC[C@H]5OC(=O)CCCCCCCCCCCCC)O4)O3)CC[C@H]2O[C@@H]1[C@@H](O)C[C@H](C)[C@H]1O[C@@]2(CCCCO2)CC[C@H]1C. The summed E-state index contributed by atoms with van der Waals surface area (Å²) in [6.45, 7) is 16.9. The third-order valence-corrected chi connectivity index (χ3v) is 17.2. The fourth-order valence-electron chi connectivity index (χ4n) is 12.8. The molecule has 7 aliphatic heterocycles. The van der Waals surface area contributed by atoms with Gasteiger partial charge >= 0.3 is 11.9 Å². The predicted molar refractivity (Wildman–Crippen MR) is 273 cm³/mol. The van der Waals surface area contributed by atoms with Crippen LogP contribution < -0.4 is 0 Å². The highest BCUT2D eigenvalue weighted by molar-refractivity contribution is 5.76. The first kappa shape index (κ1) is 57.5. The van der Waals surface area contributed by atoms with E-state index in [1.165, 1.54) is 58.3 Å². The minimum Gasteiger partial charge on any atom is -0.479 e. The number of fused-ring (bicyclic) bond motifs is 1. The quantitative estimate of drug-likeness (QED) is 0.0430. The predicted octanol–water partition coefficient (Wildman–Crippen LogP) is 10.5. The number of ether oxygens (including phenoxy) is 8. The van der Waals surface area contributed by atoms with Crippen LogP contribution in [0.25, 0.3) is 0 Å². The molecule has 14 heteroatoms. The minimum atomic E-state index is -2.01. The summed E-state index contributed by atoms with van der Waals surface area (Å²) in [5, 5.41) is 43.8. The van der Waals surface area contributed by atoms with Gasteiger partial charge in [-0.15, -0.1) is 0 Å². The molecule has 17 atom stereocenters. The molecule has 4 N–H and O–H groups in total. The van der Waals surface area contributed by atoms with Gasteiger partial charge in [0.05, 0.1) is 43.2 Å². The number of hydrogen-bond donors (Lipinski definition) is 4. The van der Waals surface area contributed by atoms with Crippen molar-refractivity contribution in [1.82, 2.24) is 0 Å². The van der Waals surface area contributed by atoms with Crippen molar-refractivity contribution in [1.29, 1.82) is 0 Å². The van der Waals surface area contributed by atoms with Gasteiger partial charge in [0.25, 0.3) is 0 Å². The lowest BCUT2D eigenvalue weighted by Gasteiger charge is -2.50. The highest BCUT2D eigenvalue weighted by Gasteiger charge is 2.55. The molecule has 0 bridgehead atoms. The second kappa shape index (κ2) is 25.7. The molecule has 7 heterocycles. The van der Waals surface area contributed by atoms with Crippen molar-refractivity contribution in [2.24, 2.45) is 17.8 Å². The number of aliphatic carboxylic acids is 1. The van der Waals surface area contributed by atoms with Crippen molar-refractivity contribution in [3.8, 4) is 0 Å². The van der Waals surface area contributed by atoms with E-state index in [1.54, 1.807) is 0 Å². The zero-order chi connectivity index (χ0) is 51.7. The minimum absolute atomic E-state index is 0.0400. The monoisotopic (exact) mass is 1010 g/mol. The first-order valence-electron chi connectivity index (χ1n) is 28.6. The van der Waals surface area contributed by atoms with Gasteiger partial charge in [-0.1, -0.05) is 116 Å². The van der Waals surface area contributed by atoms with E-state index >= 15 is 0 Å². The number of carboxylic acid groups (broad SMARTS) is 1. The van der Waals surface area contributed by atoms with Crippen LogP contribution in [0.3, 0.4) is 0 Å². The standard InChI is InChI=1S/C58H94O14/c1-8-9-10-11-12-13-14-15-16-17-18-21-49(60)67-48-25-24-44(37-55(7,64)54(62)63)69-58(48)36-38(2)34-47(70-58)39(3)22-23-43-27-31-57(68-43)32-28-46-53(72-57)50(61)42(6)52(66-46)45(59)35-41(5)51-40(4)26-30-56(71-51)29-19-20-33-65-56/h22-23,36,39-41,43-48,50-53,59,61,64H,6,8-21,24-35,37H2,1-5,7H3,(H,62,63)/t39-,40-,41+,43+,44+,45+,46-,47+,48-,50-,51+,52+,53-,55-,56+,57-,58-/m1/s1. The average molecular weight is 1020 g/mol. The number of unbranched alkanes of at least 4 members (excludes halogenated alkanes) is 10. The second-order valence-corrected chi connectivity index (χ2v) is 23.6. The maximum absolute atomic E-state index is 13.4. The Hall–Kier alpha value is -2.24. The molecule has 7 aliphatic rings. The molecule has 6 fully saturated rings. The van der Waals surface area contributed by atoms with Crippen LogP contribution in [-0.4, -0.2) is 123 Å². The van der Waals surface area contributed by atoms with Crippen molar-refractivity contribution < 1.29 is 67.9 Å². The summed E-state index contributed by atoms with van der Waals surface area (Å²) >= 11 is 0. The molecule has 0 unspecified atom stereocenters. The van der Waals surface area contributed by atoms with Crippen molar-refractivity contribution in [2.75, 3.05) is 6.61 Å². The van der Waals surface area contributed by atoms with Gasteiger partial charge in [0.1, 0.15) is 18.3 Å². The molecule has 0 saturated carbocycles. The number of carboxylic acids is 1. The highest BCUT2D eigenvalue weighted by Crippen LogP contribution is 2.48. The number of carbonyl (C=O) groups is 2. The summed E-state index contributed by atoms with van der Waals surface area (Å²) in [4.78, 5) is 25.4. The van der Waals surface area contributed by atoms with E-state index in [2.05, 4.69) is 46.4 Å². The van der Waals surface area contributed by atoms with Crippen LogP contribution in [0.4, 0.5) is 0 Å². The van der Waals surface area contributed by atoms with Gasteiger partial charge < -0.3 is 58.3 Å². The van der Waals surface area contributed by atoms with E-state index in [9.17, 15) is 30.0 Å². The maximum Gasteiger partial charge on any atom is 0.335 e. The fraction of sp³-hybridized carbons (Fsp3) is 0.862. The van der Waals surface area contributed by atoms with Crippen molar-refractivity contribution >= 4 is 11.9 Å². The van der Waals surface area contributed by atoms with E-state index in [-0.39, 0.29) is 42.5 Å². The molecule has 7 rings (SSSR count). The second-order valence-electron chi connectivity index (χ2n) is 23.6. The van der Waals surface area contributed by atoms with E-state index in [1.807, 2.05) is 13.0 Å². The summed E-state index contributed by atoms with van der Waals surface area (Å²) in [6, 6.07) is 0. The Morgan fingerprint density at radius 1 is 0.889 bits per heavy atom. The summed E-state index contributed by atoms with van der Waals surface area (Å²) in [5.74, 6) is -4.24. The molecule has 3 spiro atoms. The smallest absolute Gasteiger partial charge is 0.335 e. The number of aliphatic hydroxyl groups is 3. The Bertz CT molecular complexity index is 1830. The Kier molecular flexibility index (Phi) is 20.5. The lowest BCUT2D eigenvalue weighted by molar-refractivity contribution is -0.322. The molecule has 0 amide bonds. The molecular formula is C58H94O14. The number of rotatable bonds is 23. The van der Waals surface area contributed by atoms with Crippen LogP contribution in [0, 0.1) is 17.8 Å². The van der Waals surface area contributed by atoms with E-state index in [0.717, 1.165) is 63.5 Å². The first-order valence-corrected chi connectivity index (χ1v) is 28.6. The molecule has 0 aliphatic carbocycles. The largest absolute Gasteiger partial charge is 0.479 e. The lowest BCUT2D eigenvalue weighted by Crippen LogP contribution is -2.60. The molecule has 14 nitrogen and oxygen atoms in total. The molecule has 6 saturated heterocycles. The van der Waals surface area contributed by atoms with Gasteiger partial charge in [0, 0.05) is 44.4 Å². The van der Waals surface area contributed by atoms with E-state index in [0.29, 0.717) is 69.3 Å². The Morgan fingerprint density at radius 2 is 1.58 bits per heavy atom. The van der Waals surface area contributed by atoms with Gasteiger partial charge in [-0.05, 0) is 102 Å². The molecular weight excluding hydrogens is 921 g/mol. The fourth-order valence-corrected chi connectivity index (χ4v) is 12.8. The molecule has 0 aromatic rings. The molecule has 72 heavy (non-hydrogen) atoms. The van der Waals surface area contributed by atoms with Crippen LogP contribution in [0.5, 0.6) is 0 Å². The molecule has 0 radical (unpaired) electrons. The number of esters is 1. The van der Waals surface area contributed by atoms with Gasteiger partial charge in [-0.2, -0.15) is 0 Å². The van der Waals surface area contributed by atoms with Crippen LogP contribution in [0.15, 0.2) is 36.0 Å². The average Bonchev–Trinajstić information content (AvgIpc) is 3.74. The maximum atomic E-state index is 13.4. The van der Waals surface area contributed by atoms with Crippen LogP contribution in [0.2, 0.25) is 0 Å². The highest BCUT2D eigenvalue weighted by atomic mass is 16.7. The summed E-state index contributed by atoms with van der Waals surface area (Å²) < 4.78 is 52.5. The van der Waals surface area contributed by atoms with Gasteiger partial charge in [-0.25, -0.2) is 4.79 Å². The van der Waals surface area contributed by atoms with Gasteiger partial charge in [0.15, 0.2) is 23.3 Å². The number of aliphatic hydroxyl groups excluding tert-OH is 2. The summed E-state index contributed by atoms with van der Waals surface area (Å²) in [7, 11) is 0. The third kappa shape index (κ3) is 14.6. The topological polar surface area (TPSA) is 189 Å². The summed E-state index contributed by atoms with van der Waals surface area (Å²) in [6.07, 6.45) is 22.7. The Labute approximate surface area is 431 Å². The zero-order valence-electron chi connectivity index (χ0n) is 44.9. The number of carbonyl (C=O) groups excluding carboxylic acids is 1. The zero-order valence-corrected chi connectivity index (χ0v) is 44.9. The molecule has 410 valence electrons. The number of hydrogen-bond acceptors (Lipinski definition) is 13. The van der Waals surface area contributed by atoms with E-state index in [4.69, 9.17) is 37.9 Å². The van der Waals surface area contributed by atoms with Crippen LogP contribution in [-0.2, 0) is 47.5 Å². The van der Waals surface area contributed by atoms with Crippen LogP contribution in [0.1, 0.15) is 208 Å². The van der Waals surface area contributed by atoms with Gasteiger partial charge in [0.2, 0.25) is 5.79 Å². The van der Waals surface area contributed by atoms with Crippen molar-refractivity contribution in [3.05, 3.63) is 36.0 Å². The summed E-state index contributed by atoms with van der Waals surface area (Å²) in [5.41, 5.74) is -0.593. The molecule has 0 aromatic carbocycles. The molecule has 0 aromatic heterocycles. The van der Waals surface area contributed by atoms with Crippen molar-refractivity contribution in [2.45, 2.75) is 292 Å². The van der Waals surface area contributed by atoms with E-state index < -0.39 is 71.7 Å². The Balaban J connectivity index is 0.912. The van der Waals surface area contributed by atoms with Gasteiger partial charge in [-0.3, -0.25) is 4.79 Å². The van der Waals surface area contributed by atoms with Crippen molar-refractivity contribution in [3.63, 3.8) is 0 Å². The lowest BCUT2D eigenvalue weighted by atomic mass is 9.79. The Morgan fingerprint density at radius 3 is 2.28 bits per heavy atom. The normalized spacial score (nSPS) is 38.3. The third-order valence-electron chi connectivity index (χ3n) is 17.2.